The Kier molecular flexibility index (Phi) is 4.13. The summed E-state index contributed by atoms with van der Waals surface area (Å²) in [6.45, 7) is 6.64. The maximum Gasteiger partial charge on any atom is 0.263 e. The molecule has 4 rings (SSSR count). The Morgan fingerprint density at radius 3 is 2.84 bits per heavy atom. The summed E-state index contributed by atoms with van der Waals surface area (Å²) in [5.41, 5.74) is 3.02. The van der Waals surface area contributed by atoms with Gasteiger partial charge >= 0.3 is 0 Å². The minimum Gasteiger partial charge on any atom is -0.307 e. The van der Waals surface area contributed by atoms with Crippen LogP contribution in [0.25, 0.3) is 15.9 Å². The molecule has 0 aliphatic carbocycles. The lowest BCUT2D eigenvalue weighted by Gasteiger charge is -2.09. The highest BCUT2D eigenvalue weighted by Crippen LogP contribution is 2.29. The summed E-state index contributed by atoms with van der Waals surface area (Å²) in [4.78, 5) is 24.2. The highest BCUT2D eigenvalue weighted by atomic mass is 32.2. The number of aryl methyl sites for hydroxylation is 2. The first kappa shape index (κ1) is 16.4. The smallest absolute Gasteiger partial charge is 0.263 e. The van der Waals surface area contributed by atoms with E-state index >= 15 is 0 Å². The first-order valence-electron chi connectivity index (χ1n) is 8.14. The van der Waals surface area contributed by atoms with Gasteiger partial charge in [0.2, 0.25) is 0 Å². The van der Waals surface area contributed by atoms with Crippen molar-refractivity contribution in [1.29, 1.82) is 0 Å². The van der Waals surface area contributed by atoms with Gasteiger partial charge in [0.05, 0.1) is 11.1 Å². The van der Waals surface area contributed by atoms with Crippen LogP contribution in [0.5, 0.6) is 0 Å². The van der Waals surface area contributed by atoms with Gasteiger partial charge in [-0.25, -0.2) is 9.97 Å². The number of thioether (sulfide) groups is 1. The summed E-state index contributed by atoms with van der Waals surface area (Å²) < 4.78 is 3.77. The fourth-order valence-corrected chi connectivity index (χ4v) is 4.91. The van der Waals surface area contributed by atoms with Crippen molar-refractivity contribution >= 4 is 39.0 Å². The van der Waals surface area contributed by atoms with Gasteiger partial charge in [-0.15, -0.1) is 11.3 Å². The van der Waals surface area contributed by atoms with Crippen LogP contribution in [-0.2, 0) is 12.3 Å². The van der Waals surface area contributed by atoms with Gasteiger partial charge in [-0.2, -0.15) is 0 Å². The predicted octanol–water partition coefficient (Wildman–Crippen LogP) is 4.03. The molecule has 25 heavy (non-hydrogen) atoms. The summed E-state index contributed by atoms with van der Waals surface area (Å²) in [5.74, 6) is 0.683. The summed E-state index contributed by atoms with van der Waals surface area (Å²) in [7, 11) is 0. The third-order valence-electron chi connectivity index (χ3n) is 4.33. The second kappa shape index (κ2) is 6.31. The largest absolute Gasteiger partial charge is 0.307 e. The molecule has 4 aromatic rings. The van der Waals surface area contributed by atoms with Crippen LogP contribution in [0, 0.1) is 13.8 Å². The molecule has 0 atom stereocenters. The zero-order chi connectivity index (χ0) is 17.6. The first-order valence-corrected chi connectivity index (χ1v) is 9.94. The van der Waals surface area contributed by atoms with Crippen molar-refractivity contribution in [2.24, 2.45) is 0 Å². The van der Waals surface area contributed by atoms with Crippen LogP contribution < -0.4 is 5.56 Å². The average molecular weight is 371 g/mol. The minimum atomic E-state index is 0.0619. The third-order valence-corrected chi connectivity index (χ3v) is 6.44. The van der Waals surface area contributed by atoms with Gasteiger partial charge in [-0.3, -0.25) is 9.36 Å². The second-order valence-corrected chi connectivity index (χ2v) is 8.04. The molecule has 128 valence electrons. The molecule has 0 saturated heterocycles. The van der Waals surface area contributed by atoms with Crippen LogP contribution in [-0.4, -0.2) is 18.9 Å². The minimum absolute atomic E-state index is 0.0619. The van der Waals surface area contributed by atoms with E-state index in [1.165, 1.54) is 0 Å². The normalized spacial score (nSPS) is 11.6. The Bertz CT molecular complexity index is 1110. The number of imidazole rings is 1. The summed E-state index contributed by atoms with van der Waals surface area (Å²) in [5, 5.41) is 1.53. The quantitative estimate of drug-likeness (QED) is 0.402. The van der Waals surface area contributed by atoms with Crippen molar-refractivity contribution in [3.05, 3.63) is 57.1 Å². The Balaban J connectivity index is 1.72. The molecule has 0 unspecified atom stereocenters. The van der Waals surface area contributed by atoms with Crippen molar-refractivity contribution in [2.75, 3.05) is 0 Å². The Labute approximate surface area is 153 Å². The molecule has 0 bridgehead atoms. The molecule has 0 N–H and O–H groups in total. The van der Waals surface area contributed by atoms with Gasteiger partial charge in [-0.05, 0) is 38.5 Å². The van der Waals surface area contributed by atoms with Crippen LogP contribution in [0.4, 0.5) is 0 Å². The predicted molar refractivity (Wildman–Crippen MR) is 104 cm³/mol. The number of fused-ring (bicyclic) bond motifs is 2. The summed E-state index contributed by atoms with van der Waals surface area (Å²) in [6.07, 6.45) is 4.01. The molecule has 0 saturated carbocycles. The number of thiophene rings is 1. The highest BCUT2D eigenvalue weighted by Gasteiger charge is 2.16. The standard InChI is InChI=1S/C18H18N4OS2/c1-4-22-17(23)15-11(2)12(3)25-16(15)20-18(22)24-10-13-9-21-8-6-5-7-14(21)19-13/h5-9H,4,10H2,1-3H3. The van der Waals surface area contributed by atoms with E-state index in [1.54, 1.807) is 27.7 Å². The van der Waals surface area contributed by atoms with E-state index in [4.69, 9.17) is 4.98 Å². The lowest BCUT2D eigenvalue weighted by molar-refractivity contribution is 0.635. The van der Waals surface area contributed by atoms with E-state index in [0.29, 0.717) is 12.3 Å². The van der Waals surface area contributed by atoms with Crippen molar-refractivity contribution in [2.45, 2.75) is 38.2 Å². The summed E-state index contributed by atoms with van der Waals surface area (Å²) >= 11 is 3.16. The fourth-order valence-electron chi connectivity index (χ4n) is 2.89. The molecule has 4 aromatic heterocycles. The molecular formula is C18H18N4OS2. The Morgan fingerprint density at radius 2 is 2.08 bits per heavy atom. The molecule has 0 aliphatic heterocycles. The van der Waals surface area contributed by atoms with Gasteiger partial charge in [0, 0.05) is 29.6 Å². The number of pyridine rings is 1. The van der Waals surface area contributed by atoms with Gasteiger partial charge < -0.3 is 4.40 Å². The van der Waals surface area contributed by atoms with Crippen LogP contribution in [0.2, 0.25) is 0 Å². The fraction of sp³-hybridized carbons (Fsp3) is 0.278. The molecule has 0 radical (unpaired) electrons. The van der Waals surface area contributed by atoms with Crippen LogP contribution in [0.1, 0.15) is 23.1 Å². The molecule has 0 aliphatic rings. The number of aromatic nitrogens is 4. The van der Waals surface area contributed by atoms with Crippen molar-refractivity contribution in [3.8, 4) is 0 Å². The number of hydrogen-bond donors (Lipinski definition) is 0. The molecule has 0 spiro atoms. The lowest BCUT2D eigenvalue weighted by atomic mass is 10.2. The number of nitrogens with zero attached hydrogens (tertiary/aromatic N) is 4. The molecule has 7 heteroatoms. The van der Waals surface area contributed by atoms with Gasteiger partial charge in [0.25, 0.3) is 5.56 Å². The maximum atomic E-state index is 12.9. The highest BCUT2D eigenvalue weighted by molar-refractivity contribution is 7.98. The monoisotopic (exact) mass is 370 g/mol. The topological polar surface area (TPSA) is 52.2 Å². The molecular weight excluding hydrogens is 352 g/mol. The molecule has 0 fully saturated rings. The lowest BCUT2D eigenvalue weighted by Crippen LogP contribution is -2.22. The van der Waals surface area contributed by atoms with Crippen LogP contribution in [0.15, 0.2) is 40.5 Å². The SMILES string of the molecule is CCn1c(SCc2cn3ccccc3n2)nc2sc(C)c(C)c2c1=O. The van der Waals surface area contributed by atoms with E-state index in [1.807, 2.05) is 55.8 Å². The van der Waals surface area contributed by atoms with Crippen LogP contribution >= 0.6 is 23.1 Å². The molecule has 0 aromatic carbocycles. The van der Waals surface area contributed by atoms with E-state index < -0.39 is 0 Å². The second-order valence-electron chi connectivity index (χ2n) is 5.89. The van der Waals surface area contributed by atoms with E-state index in [-0.39, 0.29) is 5.56 Å². The maximum absolute atomic E-state index is 12.9. The summed E-state index contributed by atoms with van der Waals surface area (Å²) in [6, 6.07) is 5.94. The van der Waals surface area contributed by atoms with E-state index in [9.17, 15) is 4.79 Å². The number of rotatable bonds is 4. The average Bonchev–Trinajstić information content (AvgIpc) is 3.14. The van der Waals surface area contributed by atoms with E-state index in [0.717, 1.165) is 37.2 Å². The van der Waals surface area contributed by atoms with Gasteiger partial charge in [-0.1, -0.05) is 17.8 Å². The Morgan fingerprint density at radius 1 is 1.24 bits per heavy atom. The molecule has 0 amide bonds. The van der Waals surface area contributed by atoms with Crippen molar-refractivity contribution in [3.63, 3.8) is 0 Å². The van der Waals surface area contributed by atoms with Crippen molar-refractivity contribution < 1.29 is 0 Å². The molecule has 5 nitrogen and oxygen atoms in total. The first-order chi connectivity index (χ1) is 12.1. The van der Waals surface area contributed by atoms with Crippen molar-refractivity contribution in [1.82, 2.24) is 18.9 Å². The van der Waals surface area contributed by atoms with E-state index in [2.05, 4.69) is 4.98 Å². The zero-order valence-electron chi connectivity index (χ0n) is 14.3. The third kappa shape index (κ3) is 2.77. The zero-order valence-corrected chi connectivity index (χ0v) is 15.9. The molecule has 4 heterocycles. The van der Waals surface area contributed by atoms with Crippen LogP contribution in [0.3, 0.4) is 0 Å². The van der Waals surface area contributed by atoms with Gasteiger partial charge in [0.15, 0.2) is 5.16 Å². The number of hydrogen-bond acceptors (Lipinski definition) is 5. The Hall–Kier alpha value is -2.12. The van der Waals surface area contributed by atoms with Gasteiger partial charge in [0.1, 0.15) is 10.5 Å².